The van der Waals surface area contributed by atoms with Gasteiger partial charge in [0.15, 0.2) is 0 Å². The summed E-state index contributed by atoms with van der Waals surface area (Å²) in [5, 5.41) is 5.77. The van der Waals surface area contributed by atoms with Gasteiger partial charge in [0.25, 0.3) is 0 Å². The third-order valence-corrected chi connectivity index (χ3v) is 5.76. The van der Waals surface area contributed by atoms with Crippen molar-refractivity contribution in [1.29, 1.82) is 0 Å². The van der Waals surface area contributed by atoms with Crippen LogP contribution in [0.3, 0.4) is 0 Å². The number of nitrogens with one attached hydrogen (secondary N) is 1. The van der Waals surface area contributed by atoms with Gasteiger partial charge in [0, 0.05) is 23.3 Å². The van der Waals surface area contributed by atoms with Crippen molar-refractivity contribution in [2.24, 2.45) is 0 Å². The lowest BCUT2D eigenvalue weighted by Gasteiger charge is -2.08. The fraction of sp³-hybridized carbons (Fsp3) is 0.0833. The van der Waals surface area contributed by atoms with Crippen LogP contribution in [0.1, 0.15) is 11.3 Å². The maximum atomic E-state index is 12.9. The summed E-state index contributed by atoms with van der Waals surface area (Å²) >= 11 is 1.49. The molecule has 0 atom stereocenters. The molecule has 0 saturated carbocycles. The topological polar surface area (TPSA) is 72.2 Å². The lowest BCUT2D eigenvalue weighted by molar-refractivity contribution is -0.115. The molecule has 0 aliphatic rings. The highest BCUT2D eigenvalue weighted by molar-refractivity contribution is 7.13. The minimum atomic E-state index is -0.140. The summed E-state index contributed by atoms with van der Waals surface area (Å²) < 4.78 is 1.93. The van der Waals surface area contributed by atoms with Gasteiger partial charge in [0.2, 0.25) is 5.91 Å². The number of nitrogens with zero attached hydrogens (tertiary/aromatic N) is 4. The van der Waals surface area contributed by atoms with Crippen LogP contribution < -0.4 is 5.32 Å². The maximum absolute atomic E-state index is 12.9. The lowest BCUT2D eigenvalue weighted by Crippen LogP contribution is -2.16. The van der Waals surface area contributed by atoms with Gasteiger partial charge in [-0.1, -0.05) is 42.5 Å². The molecule has 1 aromatic carbocycles. The molecule has 0 radical (unpaired) electrons. The summed E-state index contributed by atoms with van der Waals surface area (Å²) in [6.07, 6.45) is 3.89. The molecule has 0 aliphatic carbocycles. The molecule has 7 heteroatoms. The van der Waals surface area contributed by atoms with Crippen molar-refractivity contribution >= 4 is 28.7 Å². The Hall–Kier alpha value is -3.84. The Labute approximate surface area is 183 Å². The average Bonchev–Trinajstić information content (AvgIpc) is 3.40. The van der Waals surface area contributed by atoms with Crippen LogP contribution in [0.15, 0.2) is 78.4 Å². The van der Waals surface area contributed by atoms with Crippen molar-refractivity contribution < 1.29 is 4.79 Å². The number of rotatable bonds is 5. The first-order valence-corrected chi connectivity index (χ1v) is 10.7. The van der Waals surface area contributed by atoms with Gasteiger partial charge in [-0.2, -0.15) is 0 Å². The van der Waals surface area contributed by atoms with Crippen molar-refractivity contribution in [3.63, 3.8) is 0 Å². The molecule has 0 saturated heterocycles. The Bertz CT molecular complexity index is 1360. The first-order valence-electron chi connectivity index (χ1n) is 9.87. The third-order valence-electron chi connectivity index (χ3n) is 4.85. The summed E-state index contributed by atoms with van der Waals surface area (Å²) in [6, 6.07) is 19.5. The van der Waals surface area contributed by atoms with Gasteiger partial charge in [-0.25, -0.2) is 9.97 Å². The van der Waals surface area contributed by atoms with Gasteiger partial charge in [0.1, 0.15) is 22.2 Å². The maximum Gasteiger partial charge on any atom is 0.231 e. The highest BCUT2D eigenvalue weighted by Crippen LogP contribution is 2.29. The zero-order chi connectivity index (χ0) is 21.2. The minimum Gasteiger partial charge on any atom is -0.310 e. The molecule has 4 heterocycles. The van der Waals surface area contributed by atoms with Gasteiger partial charge in [-0.15, -0.1) is 11.3 Å². The van der Waals surface area contributed by atoms with E-state index >= 15 is 0 Å². The number of anilines is 1. The number of hydrogen-bond acceptors (Lipinski definition) is 5. The number of carbonyl (C=O) groups excluding carboxylic acids is 1. The molecule has 31 heavy (non-hydrogen) atoms. The average molecular weight is 426 g/mol. The van der Waals surface area contributed by atoms with Gasteiger partial charge in [-0.05, 0) is 30.7 Å². The predicted molar refractivity (Wildman–Crippen MR) is 123 cm³/mol. The van der Waals surface area contributed by atoms with Crippen LogP contribution in [0.4, 0.5) is 5.82 Å². The first-order chi connectivity index (χ1) is 15.2. The molecule has 1 N–H and O–H groups in total. The van der Waals surface area contributed by atoms with E-state index in [0.717, 1.165) is 38.9 Å². The number of amides is 1. The number of aryl methyl sites for hydroxylation is 1. The second-order valence-corrected chi connectivity index (χ2v) is 8.05. The molecule has 0 unspecified atom stereocenters. The van der Waals surface area contributed by atoms with Crippen LogP contribution in [0.5, 0.6) is 0 Å². The number of imidazole rings is 1. The Morgan fingerprint density at radius 2 is 1.87 bits per heavy atom. The SMILES string of the molecule is Cc1ccc2nc(-c3ccccc3)c(NC(=O)Cc3csc(-c4ccccn4)n3)n2c1. The smallest absolute Gasteiger partial charge is 0.231 e. The van der Waals surface area contributed by atoms with E-state index in [0.29, 0.717) is 5.82 Å². The van der Waals surface area contributed by atoms with E-state index in [4.69, 9.17) is 4.98 Å². The van der Waals surface area contributed by atoms with Crippen molar-refractivity contribution in [3.8, 4) is 22.0 Å². The zero-order valence-corrected chi connectivity index (χ0v) is 17.6. The van der Waals surface area contributed by atoms with E-state index in [-0.39, 0.29) is 12.3 Å². The number of thiazole rings is 1. The first kappa shape index (κ1) is 19.1. The highest BCUT2D eigenvalue weighted by Gasteiger charge is 2.17. The molecule has 6 nitrogen and oxygen atoms in total. The number of hydrogen-bond donors (Lipinski definition) is 1. The summed E-state index contributed by atoms with van der Waals surface area (Å²) in [5.41, 5.74) is 5.08. The van der Waals surface area contributed by atoms with Crippen LogP contribution in [0.2, 0.25) is 0 Å². The summed E-state index contributed by atoms with van der Waals surface area (Å²) in [5.74, 6) is 0.522. The molecule has 5 rings (SSSR count). The second kappa shape index (κ2) is 8.12. The van der Waals surface area contributed by atoms with Crippen molar-refractivity contribution in [2.75, 3.05) is 5.32 Å². The quantitative estimate of drug-likeness (QED) is 0.430. The van der Waals surface area contributed by atoms with Crippen LogP contribution in [-0.2, 0) is 11.2 Å². The standard InChI is InChI=1S/C24H19N5OS/c1-16-10-11-20-27-22(17-7-3-2-4-8-17)23(29(20)14-16)28-21(30)13-18-15-31-24(26-18)19-9-5-6-12-25-19/h2-12,14-15H,13H2,1H3,(H,28,30). The molecular formula is C24H19N5OS. The predicted octanol–water partition coefficient (Wildman–Crippen LogP) is 5.01. The summed E-state index contributed by atoms with van der Waals surface area (Å²) in [7, 11) is 0. The third kappa shape index (κ3) is 3.95. The van der Waals surface area contributed by atoms with Crippen LogP contribution in [0, 0.1) is 6.92 Å². The summed E-state index contributed by atoms with van der Waals surface area (Å²) in [4.78, 5) is 26.6. The fourth-order valence-corrected chi connectivity index (χ4v) is 4.20. The highest BCUT2D eigenvalue weighted by atomic mass is 32.1. The van der Waals surface area contributed by atoms with Gasteiger partial charge >= 0.3 is 0 Å². The molecule has 1 amide bonds. The van der Waals surface area contributed by atoms with E-state index < -0.39 is 0 Å². The van der Waals surface area contributed by atoms with Gasteiger partial charge in [-0.3, -0.25) is 14.2 Å². The largest absolute Gasteiger partial charge is 0.310 e. The summed E-state index contributed by atoms with van der Waals surface area (Å²) in [6.45, 7) is 2.02. The molecule has 4 aromatic heterocycles. The Morgan fingerprint density at radius 1 is 1.03 bits per heavy atom. The van der Waals surface area contributed by atoms with Crippen LogP contribution >= 0.6 is 11.3 Å². The Morgan fingerprint density at radius 3 is 2.68 bits per heavy atom. The lowest BCUT2D eigenvalue weighted by atomic mass is 10.1. The van der Waals surface area contributed by atoms with Crippen molar-refractivity contribution in [3.05, 3.63) is 89.7 Å². The van der Waals surface area contributed by atoms with Crippen LogP contribution in [-0.4, -0.2) is 25.3 Å². The normalized spacial score (nSPS) is 11.0. The van der Waals surface area contributed by atoms with E-state index in [2.05, 4.69) is 15.3 Å². The Balaban J connectivity index is 1.44. The number of pyridine rings is 2. The van der Waals surface area contributed by atoms with Crippen molar-refractivity contribution in [2.45, 2.75) is 13.3 Å². The molecule has 0 spiro atoms. The minimum absolute atomic E-state index is 0.140. The molecule has 0 bridgehead atoms. The molecule has 5 aromatic rings. The number of carbonyl (C=O) groups is 1. The van der Waals surface area contributed by atoms with Crippen LogP contribution in [0.25, 0.3) is 27.6 Å². The number of benzene rings is 1. The zero-order valence-electron chi connectivity index (χ0n) is 16.8. The number of fused-ring (bicyclic) bond motifs is 1. The van der Waals surface area contributed by atoms with E-state index in [9.17, 15) is 4.79 Å². The fourth-order valence-electron chi connectivity index (χ4n) is 3.40. The van der Waals surface area contributed by atoms with Gasteiger partial charge < -0.3 is 5.32 Å². The molecule has 0 fully saturated rings. The van der Waals surface area contributed by atoms with Gasteiger partial charge in [0.05, 0.1) is 17.8 Å². The molecule has 152 valence electrons. The van der Waals surface area contributed by atoms with E-state index in [1.165, 1.54) is 11.3 Å². The van der Waals surface area contributed by atoms with E-state index in [1.54, 1.807) is 6.20 Å². The molecule has 0 aliphatic heterocycles. The van der Waals surface area contributed by atoms with E-state index in [1.807, 2.05) is 83.6 Å². The second-order valence-electron chi connectivity index (χ2n) is 7.19. The van der Waals surface area contributed by atoms with Crippen molar-refractivity contribution in [1.82, 2.24) is 19.4 Å². The Kier molecular flexibility index (Phi) is 5.01. The monoisotopic (exact) mass is 425 g/mol. The number of aromatic nitrogens is 4. The molecular weight excluding hydrogens is 406 g/mol.